The van der Waals surface area contributed by atoms with Crippen LogP contribution in [0.15, 0.2) is 0 Å². The number of hydrogen-bond donors (Lipinski definition) is 1. The molecule has 1 rings (SSSR count). The minimum Gasteiger partial charge on any atom is -0.481 e. The topological polar surface area (TPSA) is 37.3 Å². The second kappa shape index (κ2) is 4.83. The molecule has 0 aromatic rings. The molecule has 0 aromatic heterocycles. The molecule has 0 radical (unpaired) electrons. The first kappa shape index (κ1) is 14.3. The van der Waals surface area contributed by atoms with Crippen LogP contribution in [0.25, 0.3) is 0 Å². The third kappa shape index (κ3) is 2.41. The fraction of sp³-hybridized carbons (Fsp3) is 0.857. The lowest BCUT2D eigenvalue weighted by Crippen LogP contribution is -2.58. The van der Waals surface area contributed by atoms with E-state index in [0.717, 1.165) is 0 Å². The fourth-order valence-corrected chi connectivity index (χ4v) is 3.96. The number of carboxylic acid groups (broad SMARTS) is 1. The zero-order valence-corrected chi connectivity index (χ0v) is 11.5. The third-order valence-corrected chi connectivity index (χ3v) is 6.01. The smallest absolute Gasteiger partial charge is 0.311 e. The molecule has 1 N–H and O–H groups in total. The van der Waals surface area contributed by atoms with Gasteiger partial charge in [0.25, 0.3) is 0 Å². The Morgan fingerprint density at radius 1 is 1.00 bits per heavy atom. The molecule has 8 heteroatoms. The quantitative estimate of drug-likeness (QED) is 0.747. The lowest BCUT2D eigenvalue weighted by Gasteiger charge is -2.43. The van der Waals surface area contributed by atoms with E-state index in [1.165, 1.54) is 0 Å². The van der Waals surface area contributed by atoms with E-state index in [4.69, 9.17) is 74.7 Å². The Morgan fingerprint density at radius 2 is 1.47 bits per heavy atom. The van der Waals surface area contributed by atoms with Crippen LogP contribution in [0.3, 0.4) is 0 Å². The first-order chi connectivity index (χ1) is 6.71. The van der Waals surface area contributed by atoms with Crippen molar-refractivity contribution in [2.45, 2.75) is 25.8 Å². The molecule has 0 bridgehead atoms. The van der Waals surface area contributed by atoms with Crippen LogP contribution in [-0.2, 0) is 4.79 Å². The van der Waals surface area contributed by atoms with Gasteiger partial charge in [0.1, 0.15) is 5.92 Å². The van der Waals surface area contributed by atoms with E-state index in [0.29, 0.717) is 0 Å². The molecule has 1 saturated carbocycles. The lowest BCUT2D eigenvalue weighted by atomic mass is 9.86. The van der Waals surface area contributed by atoms with Crippen molar-refractivity contribution >= 4 is 75.6 Å². The maximum Gasteiger partial charge on any atom is 0.311 e. The van der Waals surface area contributed by atoms with Gasteiger partial charge in [0.2, 0.25) is 0 Å². The maximum absolute atomic E-state index is 11.0. The summed E-state index contributed by atoms with van der Waals surface area (Å²) in [6, 6.07) is 0. The van der Waals surface area contributed by atoms with Crippen LogP contribution >= 0.6 is 69.6 Å². The number of rotatable bonds is 1. The first-order valence-corrected chi connectivity index (χ1v) is 6.38. The second-order valence-corrected chi connectivity index (χ2v) is 6.65. The Morgan fingerprint density at radius 3 is 1.87 bits per heavy atom. The van der Waals surface area contributed by atoms with Gasteiger partial charge < -0.3 is 5.11 Å². The van der Waals surface area contributed by atoms with Crippen molar-refractivity contribution in [1.29, 1.82) is 0 Å². The third-order valence-electron chi connectivity index (χ3n) is 2.25. The monoisotopic (exact) mass is 332 g/mol. The zero-order chi connectivity index (χ0) is 12.0. The molecule has 0 amide bonds. The minimum absolute atomic E-state index is 0.790. The van der Waals surface area contributed by atoms with E-state index in [1.54, 1.807) is 0 Å². The van der Waals surface area contributed by atoms with Crippen molar-refractivity contribution in [3.8, 4) is 0 Å². The van der Waals surface area contributed by atoms with Crippen molar-refractivity contribution in [2.24, 2.45) is 5.92 Å². The van der Waals surface area contributed by atoms with E-state index < -0.39 is 37.7 Å². The standard InChI is InChI=1S/C7H6Cl6O2/c8-2-1(6(14)15)7(12,13)5(11)4(10)3(2)9/h1-5H,(H,14,15). The zero-order valence-electron chi connectivity index (χ0n) is 7.01. The lowest BCUT2D eigenvalue weighted by molar-refractivity contribution is -0.142. The van der Waals surface area contributed by atoms with Crippen molar-refractivity contribution in [1.82, 2.24) is 0 Å². The van der Waals surface area contributed by atoms with Crippen LogP contribution in [0.2, 0.25) is 0 Å². The highest BCUT2D eigenvalue weighted by Gasteiger charge is 2.59. The van der Waals surface area contributed by atoms with Gasteiger partial charge in [-0.15, -0.1) is 46.4 Å². The first-order valence-electron chi connectivity index (χ1n) is 3.88. The summed E-state index contributed by atoms with van der Waals surface area (Å²) in [5.74, 6) is -2.51. The van der Waals surface area contributed by atoms with Gasteiger partial charge in [-0.05, 0) is 0 Å². The van der Waals surface area contributed by atoms with Gasteiger partial charge in [0.15, 0.2) is 4.33 Å². The molecule has 0 heterocycles. The summed E-state index contributed by atoms with van der Waals surface area (Å²) in [4.78, 5) is 11.0. The Bertz CT molecular complexity index is 270. The second-order valence-electron chi connectivity index (χ2n) is 3.23. The number of aliphatic carboxylic acids is 1. The Balaban J connectivity index is 3.10. The number of carbonyl (C=O) groups is 1. The fourth-order valence-electron chi connectivity index (χ4n) is 1.42. The molecule has 5 atom stereocenters. The van der Waals surface area contributed by atoms with Gasteiger partial charge in [-0.3, -0.25) is 4.79 Å². The van der Waals surface area contributed by atoms with Crippen LogP contribution < -0.4 is 0 Å². The van der Waals surface area contributed by atoms with Gasteiger partial charge in [0.05, 0.1) is 21.5 Å². The molecule has 15 heavy (non-hydrogen) atoms. The SMILES string of the molecule is O=C(O)C1C(Cl)C(Cl)C(Cl)C(Cl)C1(Cl)Cl. The highest BCUT2D eigenvalue weighted by Crippen LogP contribution is 2.50. The largest absolute Gasteiger partial charge is 0.481 e. The predicted molar refractivity (Wildman–Crippen MR) is 64.1 cm³/mol. The van der Waals surface area contributed by atoms with E-state index in [1.807, 2.05) is 0 Å². The van der Waals surface area contributed by atoms with E-state index in [9.17, 15) is 4.79 Å². The summed E-state index contributed by atoms with van der Waals surface area (Å²) in [5, 5.41) is 5.40. The Kier molecular flexibility index (Phi) is 4.60. The molecule has 1 fully saturated rings. The molecule has 1 aliphatic rings. The van der Waals surface area contributed by atoms with Gasteiger partial charge >= 0.3 is 5.97 Å². The summed E-state index contributed by atoms with van der Waals surface area (Å²) < 4.78 is -1.74. The van der Waals surface area contributed by atoms with Crippen molar-refractivity contribution < 1.29 is 9.90 Å². The maximum atomic E-state index is 11.0. The van der Waals surface area contributed by atoms with Crippen molar-refractivity contribution in [3.05, 3.63) is 0 Å². The van der Waals surface area contributed by atoms with Crippen LogP contribution in [0.4, 0.5) is 0 Å². The summed E-state index contributed by atoms with van der Waals surface area (Å²) in [5.41, 5.74) is 0. The number of carboxylic acids is 1. The highest BCUT2D eigenvalue weighted by molar-refractivity contribution is 6.56. The molecule has 0 aliphatic heterocycles. The summed E-state index contributed by atoms with van der Waals surface area (Å²) in [6.45, 7) is 0. The summed E-state index contributed by atoms with van der Waals surface area (Å²) >= 11 is 35.1. The van der Waals surface area contributed by atoms with Gasteiger partial charge in [-0.2, -0.15) is 0 Å². The molecule has 1 aliphatic carbocycles. The molecule has 88 valence electrons. The van der Waals surface area contributed by atoms with Gasteiger partial charge in [0, 0.05) is 0 Å². The van der Waals surface area contributed by atoms with Crippen LogP contribution in [-0.4, -0.2) is 36.9 Å². The van der Waals surface area contributed by atoms with E-state index in [2.05, 4.69) is 0 Å². The summed E-state index contributed by atoms with van der Waals surface area (Å²) in [7, 11) is 0. The minimum atomic E-state index is -1.74. The Labute approximate surface area is 117 Å². The van der Waals surface area contributed by atoms with Crippen LogP contribution in [0.1, 0.15) is 0 Å². The number of alkyl halides is 6. The van der Waals surface area contributed by atoms with Crippen LogP contribution in [0, 0.1) is 5.92 Å². The normalized spacial score (nSPS) is 45.1. The van der Waals surface area contributed by atoms with Gasteiger partial charge in [-0.1, -0.05) is 23.2 Å². The molecule has 0 spiro atoms. The number of halogens is 6. The van der Waals surface area contributed by atoms with E-state index >= 15 is 0 Å². The van der Waals surface area contributed by atoms with Gasteiger partial charge in [-0.25, -0.2) is 0 Å². The molecule has 0 saturated heterocycles. The van der Waals surface area contributed by atoms with Crippen molar-refractivity contribution in [2.75, 3.05) is 0 Å². The molecular formula is C7H6Cl6O2. The average Bonchev–Trinajstić information content (AvgIpc) is 2.11. The number of hydrogen-bond acceptors (Lipinski definition) is 1. The Hall–Kier alpha value is 1.21. The molecule has 0 aromatic carbocycles. The molecule has 5 unspecified atom stereocenters. The van der Waals surface area contributed by atoms with Crippen molar-refractivity contribution in [3.63, 3.8) is 0 Å². The summed E-state index contributed by atoms with van der Waals surface area (Å²) in [6.07, 6.45) is 0. The van der Waals surface area contributed by atoms with Crippen LogP contribution in [0.5, 0.6) is 0 Å². The average molecular weight is 335 g/mol. The van der Waals surface area contributed by atoms with E-state index in [-0.39, 0.29) is 0 Å². The molecular weight excluding hydrogens is 329 g/mol. The predicted octanol–water partition coefficient (Wildman–Crippen LogP) is 3.30. The molecule has 2 nitrogen and oxygen atoms in total. The highest BCUT2D eigenvalue weighted by atomic mass is 35.5.